The summed E-state index contributed by atoms with van der Waals surface area (Å²) in [6.45, 7) is 0.280. The van der Waals surface area contributed by atoms with Gasteiger partial charge in [-0.2, -0.15) is 0 Å². The fourth-order valence-electron chi connectivity index (χ4n) is 1.66. The van der Waals surface area contributed by atoms with Crippen molar-refractivity contribution in [3.8, 4) is 0 Å². The Morgan fingerprint density at radius 2 is 2.25 bits per heavy atom. The van der Waals surface area contributed by atoms with Crippen molar-refractivity contribution < 1.29 is 14.3 Å². The third-order valence-corrected chi connectivity index (χ3v) is 2.66. The number of carboxylic acids is 1. The molecule has 0 aliphatic carbocycles. The van der Waals surface area contributed by atoms with Crippen LogP contribution in [0.3, 0.4) is 0 Å². The zero-order chi connectivity index (χ0) is 11.7. The van der Waals surface area contributed by atoms with Gasteiger partial charge in [0.15, 0.2) is 0 Å². The first kappa shape index (κ1) is 11.0. The molecule has 3 nitrogen and oxygen atoms in total. The number of rotatable bonds is 3. The molecular formula is C11H9ClFNO2. The van der Waals surface area contributed by atoms with Crippen LogP contribution in [0.4, 0.5) is 4.39 Å². The first-order valence-corrected chi connectivity index (χ1v) is 5.12. The van der Waals surface area contributed by atoms with Crippen molar-refractivity contribution in [2.75, 3.05) is 0 Å². The van der Waals surface area contributed by atoms with E-state index in [9.17, 15) is 9.18 Å². The van der Waals surface area contributed by atoms with Gasteiger partial charge in [0.05, 0.1) is 22.3 Å². The molecule has 0 atom stereocenters. The maximum atomic E-state index is 13.4. The first-order valence-electron chi connectivity index (χ1n) is 4.74. The van der Waals surface area contributed by atoms with Gasteiger partial charge in [-0.05, 0) is 12.1 Å². The molecule has 0 amide bonds. The fourth-order valence-corrected chi connectivity index (χ4v) is 1.97. The lowest BCUT2D eigenvalue weighted by Gasteiger charge is -2.02. The summed E-state index contributed by atoms with van der Waals surface area (Å²) in [7, 11) is 0. The number of aryl methyl sites for hydroxylation is 1. The Bertz CT molecular complexity index is 550. The zero-order valence-electron chi connectivity index (χ0n) is 8.28. The van der Waals surface area contributed by atoms with Crippen molar-refractivity contribution in [2.24, 2.45) is 0 Å². The number of aromatic nitrogens is 1. The predicted molar refractivity (Wildman–Crippen MR) is 59.2 cm³/mol. The lowest BCUT2D eigenvalue weighted by molar-refractivity contribution is -0.137. The largest absolute Gasteiger partial charge is 0.481 e. The van der Waals surface area contributed by atoms with Crippen molar-refractivity contribution in [3.05, 3.63) is 35.2 Å². The van der Waals surface area contributed by atoms with E-state index in [1.54, 1.807) is 22.9 Å². The summed E-state index contributed by atoms with van der Waals surface area (Å²) in [5, 5.41) is 9.23. The lowest BCUT2D eigenvalue weighted by atomic mass is 10.2. The molecule has 1 heterocycles. The van der Waals surface area contributed by atoms with E-state index >= 15 is 0 Å². The van der Waals surface area contributed by atoms with Crippen LogP contribution in [0, 0.1) is 5.82 Å². The van der Waals surface area contributed by atoms with Gasteiger partial charge in [0.2, 0.25) is 0 Å². The van der Waals surface area contributed by atoms with Gasteiger partial charge in [0.25, 0.3) is 0 Å². The molecule has 0 spiro atoms. The molecule has 0 saturated carbocycles. The number of aliphatic carboxylic acids is 1. The summed E-state index contributed by atoms with van der Waals surface area (Å²) in [5.74, 6) is -1.29. The molecule has 0 aliphatic rings. The Morgan fingerprint density at radius 3 is 2.94 bits per heavy atom. The molecule has 0 saturated heterocycles. The lowest BCUT2D eigenvalue weighted by Crippen LogP contribution is -2.03. The summed E-state index contributed by atoms with van der Waals surface area (Å²) in [4.78, 5) is 10.5. The Kier molecular flexibility index (Phi) is 2.83. The highest BCUT2D eigenvalue weighted by Gasteiger charge is 2.11. The molecular weight excluding hydrogens is 233 g/mol. The van der Waals surface area contributed by atoms with E-state index in [4.69, 9.17) is 16.7 Å². The highest BCUT2D eigenvalue weighted by atomic mass is 35.5. The Balaban J connectivity index is 2.47. The van der Waals surface area contributed by atoms with Gasteiger partial charge in [-0.1, -0.05) is 17.7 Å². The summed E-state index contributed by atoms with van der Waals surface area (Å²) in [6.07, 6.45) is 1.54. The van der Waals surface area contributed by atoms with Crippen LogP contribution >= 0.6 is 11.6 Å². The number of hydrogen-bond acceptors (Lipinski definition) is 1. The number of benzene rings is 1. The maximum absolute atomic E-state index is 13.4. The van der Waals surface area contributed by atoms with E-state index in [1.807, 2.05) is 0 Å². The van der Waals surface area contributed by atoms with Crippen molar-refractivity contribution in [2.45, 2.75) is 13.0 Å². The van der Waals surface area contributed by atoms with Crippen LogP contribution in [-0.2, 0) is 11.3 Å². The highest BCUT2D eigenvalue weighted by Crippen LogP contribution is 2.28. The molecule has 5 heteroatoms. The molecule has 84 valence electrons. The van der Waals surface area contributed by atoms with Crippen LogP contribution in [0.1, 0.15) is 6.42 Å². The van der Waals surface area contributed by atoms with Crippen molar-refractivity contribution in [1.82, 2.24) is 4.57 Å². The monoisotopic (exact) mass is 241 g/mol. The molecule has 1 aromatic carbocycles. The molecule has 0 aliphatic heterocycles. The van der Waals surface area contributed by atoms with Crippen LogP contribution in [-0.4, -0.2) is 15.6 Å². The zero-order valence-corrected chi connectivity index (χ0v) is 9.04. The van der Waals surface area contributed by atoms with Crippen LogP contribution < -0.4 is 0 Å². The summed E-state index contributed by atoms with van der Waals surface area (Å²) < 4.78 is 15.1. The summed E-state index contributed by atoms with van der Waals surface area (Å²) in [6, 6.07) is 4.62. The summed E-state index contributed by atoms with van der Waals surface area (Å²) in [5.41, 5.74) is 0.617. The second-order valence-corrected chi connectivity index (χ2v) is 3.86. The van der Waals surface area contributed by atoms with E-state index in [-0.39, 0.29) is 13.0 Å². The van der Waals surface area contributed by atoms with E-state index < -0.39 is 11.8 Å². The van der Waals surface area contributed by atoms with Crippen LogP contribution in [0.5, 0.6) is 0 Å². The minimum atomic E-state index is -0.894. The van der Waals surface area contributed by atoms with Gasteiger partial charge in [-0.25, -0.2) is 4.39 Å². The van der Waals surface area contributed by atoms with E-state index in [0.717, 1.165) is 0 Å². The van der Waals surface area contributed by atoms with E-state index in [2.05, 4.69) is 0 Å². The second-order valence-electron chi connectivity index (χ2n) is 3.45. The smallest absolute Gasteiger partial charge is 0.305 e. The standard InChI is InChI=1S/C11H9ClFNO2/c12-7-6-14(5-4-10(15)16)9-3-1-2-8(13)11(7)9/h1-3,6H,4-5H2,(H,15,16). The minimum Gasteiger partial charge on any atom is -0.481 e. The number of halogens is 2. The molecule has 0 bridgehead atoms. The predicted octanol–water partition coefficient (Wildman–Crippen LogP) is 2.91. The van der Waals surface area contributed by atoms with Gasteiger partial charge in [-0.3, -0.25) is 4.79 Å². The topological polar surface area (TPSA) is 42.2 Å². The Labute approximate surface area is 96.1 Å². The molecule has 0 radical (unpaired) electrons. The molecule has 2 aromatic rings. The minimum absolute atomic E-state index is 0.0172. The maximum Gasteiger partial charge on any atom is 0.305 e. The van der Waals surface area contributed by atoms with E-state index in [0.29, 0.717) is 15.9 Å². The third-order valence-electron chi connectivity index (χ3n) is 2.38. The average Bonchev–Trinajstić information content (AvgIpc) is 2.54. The number of carboxylic acid groups (broad SMARTS) is 1. The SMILES string of the molecule is O=C(O)CCn1cc(Cl)c2c(F)cccc21. The molecule has 0 fully saturated rings. The van der Waals surface area contributed by atoms with Gasteiger partial charge in [0, 0.05) is 12.7 Å². The fraction of sp³-hybridized carbons (Fsp3) is 0.182. The quantitative estimate of drug-likeness (QED) is 0.898. The number of hydrogen-bond donors (Lipinski definition) is 1. The second kappa shape index (κ2) is 4.14. The van der Waals surface area contributed by atoms with Gasteiger partial charge < -0.3 is 9.67 Å². The first-order chi connectivity index (χ1) is 7.59. The van der Waals surface area contributed by atoms with Crippen molar-refractivity contribution in [3.63, 3.8) is 0 Å². The molecule has 2 rings (SSSR count). The van der Waals surface area contributed by atoms with Crippen molar-refractivity contribution >= 4 is 28.5 Å². The van der Waals surface area contributed by atoms with Crippen LogP contribution in [0.25, 0.3) is 10.9 Å². The van der Waals surface area contributed by atoms with Crippen molar-refractivity contribution in [1.29, 1.82) is 0 Å². The van der Waals surface area contributed by atoms with Gasteiger partial charge >= 0.3 is 5.97 Å². The number of carbonyl (C=O) groups is 1. The average molecular weight is 242 g/mol. The Hall–Kier alpha value is -1.55. The Morgan fingerprint density at radius 1 is 1.50 bits per heavy atom. The number of fused-ring (bicyclic) bond motifs is 1. The van der Waals surface area contributed by atoms with Crippen LogP contribution in [0.15, 0.2) is 24.4 Å². The number of nitrogens with zero attached hydrogens (tertiary/aromatic N) is 1. The van der Waals surface area contributed by atoms with E-state index in [1.165, 1.54) is 6.07 Å². The highest BCUT2D eigenvalue weighted by molar-refractivity contribution is 6.35. The van der Waals surface area contributed by atoms with Gasteiger partial charge in [0.1, 0.15) is 5.82 Å². The molecule has 16 heavy (non-hydrogen) atoms. The molecule has 0 unspecified atom stereocenters. The third kappa shape index (κ3) is 1.88. The molecule has 1 aromatic heterocycles. The summed E-state index contributed by atoms with van der Waals surface area (Å²) >= 11 is 5.89. The molecule has 1 N–H and O–H groups in total. The normalized spacial score (nSPS) is 10.9. The van der Waals surface area contributed by atoms with Crippen LogP contribution in [0.2, 0.25) is 5.02 Å². The van der Waals surface area contributed by atoms with Gasteiger partial charge in [-0.15, -0.1) is 0 Å².